The van der Waals surface area contributed by atoms with Crippen molar-refractivity contribution >= 4 is 17.7 Å². The molecule has 6 nitrogen and oxygen atoms in total. The summed E-state index contributed by atoms with van der Waals surface area (Å²) in [5.74, 6) is -1.82. The van der Waals surface area contributed by atoms with Crippen molar-refractivity contribution in [1.82, 2.24) is 0 Å². The topological polar surface area (TPSA) is 82.1 Å². The maximum atomic E-state index is 13.6. The summed E-state index contributed by atoms with van der Waals surface area (Å²) in [6, 6.07) is 12.3. The zero-order chi connectivity index (χ0) is 25.3. The van der Waals surface area contributed by atoms with Gasteiger partial charge in [-0.1, -0.05) is 18.2 Å². The first-order chi connectivity index (χ1) is 16.8. The summed E-state index contributed by atoms with van der Waals surface area (Å²) in [7, 11) is 4.56. The zero-order valence-electron chi connectivity index (χ0n) is 19.8. The highest BCUT2D eigenvalue weighted by Gasteiger charge is 2.38. The summed E-state index contributed by atoms with van der Waals surface area (Å²) < 4.78 is 30.5. The fourth-order valence-corrected chi connectivity index (χ4v) is 5.32. The number of ether oxygens (including phenoxy) is 3. The molecule has 1 N–H and O–H groups in total. The molecule has 2 atom stereocenters. The van der Waals surface area contributed by atoms with Gasteiger partial charge in [-0.2, -0.15) is 0 Å². The van der Waals surface area contributed by atoms with Gasteiger partial charge in [0.05, 0.1) is 32.1 Å². The predicted molar refractivity (Wildman–Crippen MR) is 133 cm³/mol. The average molecular weight is 497 g/mol. The lowest BCUT2D eigenvalue weighted by molar-refractivity contribution is -0.139. The molecule has 0 aromatic heterocycles. The molecule has 182 valence electrons. The Kier molecular flexibility index (Phi) is 7.03. The molecule has 0 saturated heterocycles. The minimum absolute atomic E-state index is 0.199. The first-order valence-corrected chi connectivity index (χ1v) is 12.1. The highest BCUT2D eigenvalue weighted by Crippen LogP contribution is 2.53. The molecule has 4 rings (SSSR count). The van der Waals surface area contributed by atoms with Crippen LogP contribution in [-0.4, -0.2) is 38.7 Å². The third kappa shape index (κ3) is 4.34. The molecule has 0 saturated carbocycles. The van der Waals surface area contributed by atoms with Gasteiger partial charge in [-0.05, 0) is 65.3 Å². The van der Waals surface area contributed by atoms with Gasteiger partial charge in [0.15, 0.2) is 16.9 Å². The summed E-state index contributed by atoms with van der Waals surface area (Å²) in [5, 5.41) is 10.3. The van der Waals surface area contributed by atoms with E-state index in [1.54, 1.807) is 6.07 Å². The SMILES string of the molecule is COc1cc2c(c(OC)c1OC)-c1ccc(SC)c(=O)cc1C(C(C(=O)O)c1ccc(F)cc1)C2. The van der Waals surface area contributed by atoms with Gasteiger partial charge in [-0.15, -0.1) is 11.8 Å². The van der Waals surface area contributed by atoms with Crippen LogP contribution in [0.1, 0.15) is 28.5 Å². The van der Waals surface area contributed by atoms with Gasteiger partial charge in [0.1, 0.15) is 5.82 Å². The smallest absolute Gasteiger partial charge is 0.311 e. The minimum Gasteiger partial charge on any atom is -0.493 e. The largest absolute Gasteiger partial charge is 0.493 e. The molecule has 8 heteroatoms. The molecule has 0 radical (unpaired) electrons. The lowest BCUT2D eigenvalue weighted by Gasteiger charge is -2.32. The Balaban J connectivity index is 2.07. The van der Waals surface area contributed by atoms with Crippen LogP contribution >= 0.6 is 11.8 Å². The van der Waals surface area contributed by atoms with Crippen molar-refractivity contribution in [2.75, 3.05) is 27.6 Å². The Bertz CT molecular complexity index is 1340. The van der Waals surface area contributed by atoms with Crippen molar-refractivity contribution in [3.63, 3.8) is 0 Å². The van der Waals surface area contributed by atoms with E-state index >= 15 is 0 Å². The molecule has 0 heterocycles. The average Bonchev–Trinajstić information content (AvgIpc) is 3.02. The molecule has 2 unspecified atom stereocenters. The lowest BCUT2D eigenvalue weighted by atomic mass is 9.71. The number of rotatable bonds is 7. The standard InChI is InChI=1S/C27H25FO6S/c1-32-21-12-15-11-19(24(27(30)31)14-5-7-16(28)8-6-14)18-13-20(29)22(35-4)10-9-17(18)23(15)26(34-3)25(21)33-2/h5-10,12-13,19,24H,11H2,1-4H3,(H,30,31). The monoisotopic (exact) mass is 496 g/mol. The third-order valence-electron chi connectivity index (χ3n) is 6.38. The Morgan fingerprint density at radius 2 is 1.71 bits per heavy atom. The number of hydrogen-bond acceptors (Lipinski definition) is 6. The normalized spacial score (nSPS) is 14.9. The molecule has 3 aromatic rings. The number of benzene rings is 2. The molecule has 0 aliphatic heterocycles. The van der Waals surface area contributed by atoms with E-state index in [4.69, 9.17) is 14.2 Å². The molecule has 35 heavy (non-hydrogen) atoms. The van der Waals surface area contributed by atoms with Crippen LogP contribution in [-0.2, 0) is 11.2 Å². The van der Waals surface area contributed by atoms with Crippen LogP contribution in [0.3, 0.4) is 0 Å². The molecular weight excluding hydrogens is 471 g/mol. The van der Waals surface area contributed by atoms with Crippen molar-refractivity contribution in [3.8, 4) is 28.4 Å². The van der Waals surface area contributed by atoms with Crippen LogP contribution in [0.5, 0.6) is 17.2 Å². The fraction of sp³-hybridized carbons (Fsp3) is 0.259. The number of hydrogen-bond donors (Lipinski definition) is 1. The Labute approximate surface area is 206 Å². The van der Waals surface area contributed by atoms with Gasteiger partial charge in [0, 0.05) is 11.5 Å². The van der Waals surface area contributed by atoms with Crippen LogP contribution in [0.2, 0.25) is 0 Å². The first kappa shape index (κ1) is 24.6. The Morgan fingerprint density at radius 1 is 1.03 bits per heavy atom. The number of halogens is 1. The molecular formula is C27H25FO6S. The Hall–Kier alpha value is -3.52. The van der Waals surface area contributed by atoms with E-state index < -0.39 is 23.6 Å². The van der Waals surface area contributed by atoms with E-state index in [1.807, 2.05) is 18.4 Å². The second-order valence-electron chi connectivity index (χ2n) is 8.14. The summed E-state index contributed by atoms with van der Waals surface area (Å²) >= 11 is 1.32. The van der Waals surface area contributed by atoms with Crippen molar-refractivity contribution < 1.29 is 28.5 Å². The highest BCUT2D eigenvalue weighted by molar-refractivity contribution is 7.98. The Morgan fingerprint density at radius 3 is 2.29 bits per heavy atom. The quantitative estimate of drug-likeness (QED) is 0.455. The van der Waals surface area contributed by atoms with Crippen molar-refractivity contribution in [3.05, 3.63) is 81.3 Å². The molecule has 1 aliphatic carbocycles. The van der Waals surface area contributed by atoms with E-state index in [-0.39, 0.29) is 5.43 Å². The highest BCUT2D eigenvalue weighted by atomic mass is 32.2. The number of fused-ring (bicyclic) bond motifs is 3. The van der Waals surface area contributed by atoms with Crippen molar-refractivity contribution in [2.24, 2.45) is 0 Å². The van der Waals surface area contributed by atoms with Crippen molar-refractivity contribution in [2.45, 2.75) is 23.2 Å². The van der Waals surface area contributed by atoms with Gasteiger partial charge in [0.2, 0.25) is 5.75 Å². The zero-order valence-corrected chi connectivity index (χ0v) is 20.6. The van der Waals surface area contributed by atoms with Crippen LogP contribution in [0.25, 0.3) is 11.1 Å². The molecule has 0 fully saturated rings. The molecule has 1 aliphatic rings. The first-order valence-electron chi connectivity index (χ1n) is 10.9. The number of carboxylic acids is 1. The van der Waals surface area contributed by atoms with Gasteiger partial charge in [-0.25, -0.2) is 4.39 Å². The third-order valence-corrected chi connectivity index (χ3v) is 7.16. The predicted octanol–water partition coefficient (Wildman–Crippen LogP) is 5.11. The van der Waals surface area contributed by atoms with Gasteiger partial charge in [-0.3, -0.25) is 9.59 Å². The summed E-state index contributed by atoms with van der Waals surface area (Å²) in [4.78, 5) is 26.2. The van der Waals surface area contributed by atoms with Crippen LogP contribution < -0.4 is 19.6 Å². The van der Waals surface area contributed by atoms with Gasteiger partial charge >= 0.3 is 5.97 Å². The number of methoxy groups -OCH3 is 3. The molecule has 3 aromatic carbocycles. The summed E-state index contributed by atoms with van der Waals surface area (Å²) in [5.41, 5.74) is 3.05. The number of aliphatic carboxylic acids is 1. The maximum Gasteiger partial charge on any atom is 0.311 e. The van der Waals surface area contributed by atoms with E-state index in [9.17, 15) is 19.1 Å². The summed E-state index contributed by atoms with van der Waals surface area (Å²) in [6.07, 6.45) is 2.11. The van der Waals surface area contributed by atoms with Crippen LogP contribution in [0, 0.1) is 5.82 Å². The fourth-order valence-electron chi connectivity index (χ4n) is 4.86. The second-order valence-corrected chi connectivity index (χ2v) is 8.98. The van der Waals surface area contributed by atoms with Gasteiger partial charge < -0.3 is 19.3 Å². The lowest BCUT2D eigenvalue weighted by Crippen LogP contribution is -2.25. The molecule has 0 bridgehead atoms. The van der Waals surface area contributed by atoms with Crippen molar-refractivity contribution in [1.29, 1.82) is 0 Å². The summed E-state index contributed by atoms with van der Waals surface area (Å²) in [6.45, 7) is 0. The van der Waals surface area contributed by atoms with E-state index in [1.165, 1.54) is 63.4 Å². The maximum absolute atomic E-state index is 13.6. The van der Waals surface area contributed by atoms with E-state index in [2.05, 4.69) is 0 Å². The second kappa shape index (κ2) is 10.00. The minimum atomic E-state index is -1.06. The molecule has 0 spiro atoms. The number of carbonyl (C=O) groups is 1. The number of thioether (sulfide) groups is 1. The van der Waals surface area contributed by atoms with Crippen LogP contribution in [0.15, 0.2) is 58.2 Å². The van der Waals surface area contributed by atoms with Crippen LogP contribution in [0.4, 0.5) is 4.39 Å². The number of carboxylic acid groups (broad SMARTS) is 1. The van der Waals surface area contributed by atoms with E-state index in [0.717, 1.165) is 11.1 Å². The van der Waals surface area contributed by atoms with Gasteiger partial charge in [0.25, 0.3) is 0 Å². The van der Waals surface area contributed by atoms with E-state index in [0.29, 0.717) is 45.3 Å². The molecule has 0 amide bonds.